The first-order chi connectivity index (χ1) is 13.2. The lowest BCUT2D eigenvalue weighted by Crippen LogP contribution is -2.17. The predicted molar refractivity (Wildman–Crippen MR) is 99.5 cm³/mol. The largest absolute Gasteiger partial charge is 0.493 e. The van der Waals surface area contributed by atoms with Gasteiger partial charge in [-0.3, -0.25) is 4.72 Å². The normalized spacial score (nSPS) is 11.1. The van der Waals surface area contributed by atoms with Gasteiger partial charge in [-0.15, -0.1) is 0 Å². The SMILES string of the molecule is COCCOc1cc(NS(=O)(=O)c2ccc(Cl)cc2F)c(C(=O)O)cc1OC. The van der Waals surface area contributed by atoms with E-state index in [0.29, 0.717) is 0 Å². The van der Waals surface area contributed by atoms with Crippen LogP contribution < -0.4 is 14.2 Å². The Morgan fingerprint density at radius 1 is 1.18 bits per heavy atom. The quantitative estimate of drug-likeness (QED) is 0.584. The molecule has 0 bridgehead atoms. The maximum Gasteiger partial charge on any atom is 0.337 e. The maximum absolute atomic E-state index is 14.0. The Balaban J connectivity index is 2.49. The van der Waals surface area contributed by atoms with Crippen molar-refractivity contribution in [3.8, 4) is 11.5 Å². The number of nitrogens with one attached hydrogen (secondary N) is 1. The topological polar surface area (TPSA) is 111 Å². The van der Waals surface area contributed by atoms with Gasteiger partial charge in [0.15, 0.2) is 11.5 Å². The van der Waals surface area contributed by atoms with E-state index in [2.05, 4.69) is 4.72 Å². The average Bonchev–Trinajstić information content (AvgIpc) is 2.61. The summed E-state index contributed by atoms with van der Waals surface area (Å²) in [5, 5.41) is 9.42. The fourth-order valence-electron chi connectivity index (χ4n) is 2.22. The van der Waals surface area contributed by atoms with Gasteiger partial charge in [0.25, 0.3) is 10.0 Å². The molecule has 0 saturated heterocycles. The zero-order valence-electron chi connectivity index (χ0n) is 14.9. The molecule has 2 aromatic rings. The van der Waals surface area contributed by atoms with E-state index in [0.717, 1.165) is 24.3 Å². The highest BCUT2D eigenvalue weighted by molar-refractivity contribution is 7.92. The number of sulfonamides is 1. The van der Waals surface area contributed by atoms with Crippen LogP contribution in [0.15, 0.2) is 35.2 Å². The number of carboxylic acids is 1. The van der Waals surface area contributed by atoms with Crippen LogP contribution >= 0.6 is 11.6 Å². The first kappa shape index (κ1) is 21.7. The van der Waals surface area contributed by atoms with Gasteiger partial charge in [-0.05, 0) is 18.2 Å². The summed E-state index contributed by atoms with van der Waals surface area (Å²) in [5.41, 5.74) is -0.732. The van der Waals surface area contributed by atoms with Crippen molar-refractivity contribution in [3.05, 3.63) is 46.7 Å². The molecule has 2 rings (SSSR count). The van der Waals surface area contributed by atoms with Gasteiger partial charge in [-0.25, -0.2) is 17.6 Å². The van der Waals surface area contributed by atoms with Crippen molar-refractivity contribution in [1.29, 1.82) is 0 Å². The Bertz CT molecular complexity index is 982. The molecule has 28 heavy (non-hydrogen) atoms. The molecule has 0 radical (unpaired) electrons. The summed E-state index contributed by atoms with van der Waals surface area (Å²) < 4.78 is 56.6. The maximum atomic E-state index is 14.0. The second-order valence-electron chi connectivity index (χ2n) is 5.38. The van der Waals surface area contributed by atoms with Gasteiger partial charge in [0.2, 0.25) is 0 Å². The molecule has 0 saturated carbocycles. The molecule has 0 aromatic heterocycles. The number of benzene rings is 2. The minimum absolute atomic E-state index is 0.0148. The van der Waals surface area contributed by atoms with Crippen LogP contribution in [0.4, 0.5) is 10.1 Å². The third-order valence-electron chi connectivity index (χ3n) is 3.51. The number of rotatable bonds is 9. The van der Waals surface area contributed by atoms with E-state index >= 15 is 0 Å². The van der Waals surface area contributed by atoms with Gasteiger partial charge in [0.05, 0.1) is 25.0 Å². The molecule has 11 heteroatoms. The Morgan fingerprint density at radius 2 is 1.89 bits per heavy atom. The molecular weight excluding hydrogens is 417 g/mol. The number of carbonyl (C=O) groups is 1. The number of anilines is 1. The number of aromatic carboxylic acids is 1. The van der Waals surface area contributed by atoms with Gasteiger partial charge in [-0.1, -0.05) is 11.6 Å². The molecule has 0 spiro atoms. The summed E-state index contributed by atoms with van der Waals surface area (Å²) >= 11 is 5.64. The van der Waals surface area contributed by atoms with E-state index in [1.54, 1.807) is 0 Å². The summed E-state index contributed by atoms with van der Waals surface area (Å²) in [6.45, 7) is 0.345. The molecule has 2 N–H and O–H groups in total. The highest BCUT2D eigenvalue weighted by Gasteiger charge is 2.24. The lowest BCUT2D eigenvalue weighted by Gasteiger charge is -2.16. The van der Waals surface area contributed by atoms with Crippen molar-refractivity contribution < 1.29 is 36.9 Å². The summed E-state index contributed by atoms with van der Waals surface area (Å²) in [6, 6.07) is 5.25. The van der Waals surface area contributed by atoms with Crippen LogP contribution in [0.2, 0.25) is 5.02 Å². The lowest BCUT2D eigenvalue weighted by molar-refractivity contribution is 0.0697. The smallest absolute Gasteiger partial charge is 0.337 e. The number of methoxy groups -OCH3 is 2. The van der Waals surface area contributed by atoms with E-state index in [4.69, 9.17) is 25.8 Å². The zero-order valence-corrected chi connectivity index (χ0v) is 16.4. The van der Waals surface area contributed by atoms with Crippen molar-refractivity contribution in [2.75, 3.05) is 32.2 Å². The van der Waals surface area contributed by atoms with E-state index in [-0.39, 0.29) is 35.4 Å². The molecule has 0 amide bonds. The molecule has 152 valence electrons. The van der Waals surface area contributed by atoms with Crippen molar-refractivity contribution in [1.82, 2.24) is 0 Å². The number of hydrogen-bond acceptors (Lipinski definition) is 6. The van der Waals surface area contributed by atoms with Crippen LogP contribution in [0.5, 0.6) is 11.5 Å². The summed E-state index contributed by atoms with van der Waals surface area (Å²) in [4.78, 5) is 10.9. The Kier molecular flexibility index (Phi) is 7.05. The molecule has 0 fully saturated rings. The molecule has 0 aliphatic heterocycles. The summed E-state index contributed by atoms with van der Waals surface area (Å²) in [7, 11) is -1.68. The first-order valence-electron chi connectivity index (χ1n) is 7.74. The fraction of sp³-hybridized carbons (Fsp3) is 0.235. The minimum atomic E-state index is -4.45. The molecule has 0 heterocycles. The predicted octanol–water partition coefficient (Wildman–Crippen LogP) is 3.01. The minimum Gasteiger partial charge on any atom is -0.493 e. The average molecular weight is 434 g/mol. The fourth-order valence-corrected chi connectivity index (χ4v) is 3.51. The van der Waals surface area contributed by atoms with Crippen molar-refractivity contribution >= 4 is 33.3 Å². The van der Waals surface area contributed by atoms with Crippen molar-refractivity contribution in [2.24, 2.45) is 0 Å². The van der Waals surface area contributed by atoms with E-state index < -0.39 is 32.3 Å². The molecule has 8 nitrogen and oxygen atoms in total. The molecule has 0 aliphatic rings. The molecular formula is C17H17ClFNO7S. The highest BCUT2D eigenvalue weighted by atomic mass is 35.5. The first-order valence-corrected chi connectivity index (χ1v) is 9.60. The lowest BCUT2D eigenvalue weighted by atomic mass is 10.1. The van der Waals surface area contributed by atoms with Crippen molar-refractivity contribution in [3.63, 3.8) is 0 Å². The second kappa shape index (κ2) is 9.09. The third-order valence-corrected chi connectivity index (χ3v) is 5.14. The van der Waals surface area contributed by atoms with Gasteiger partial charge in [0, 0.05) is 24.3 Å². The molecule has 0 aliphatic carbocycles. The number of ether oxygens (including phenoxy) is 3. The number of halogens is 2. The van der Waals surface area contributed by atoms with E-state index in [9.17, 15) is 22.7 Å². The van der Waals surface area contributed by atoms with Gasteiger partial charge in [0.1, 0.15) is 17.3 Å². The van der Waals surface area contributed by atoms with Gasteiger partial charge in [-0.2, -0.15) is 0 Å². The Morgan fingerprint density at radius 3 is 2.46 bits per heavy atom. The Hall–Kier alpha value is -2.56. The van der Waals surface area contributed by atoms with E-state index in [1.165, 1.54) is 20.3 Å². The van der Waals surface area contributed by atoms with E-state index in [1.807, 2.05) is 0 Å². The van der Waals surface area contributed by atoms with Crippen LogP contribution in [0.1, 0.15) is 10.4 Å². The van der Waals surface area contributed by atoms with Crippen LogP contribution in [0.3, 0.4) is 0 Å². The standard InChI is InChI=1S/C17H17ClFNO7S/c1-25-5-6-27-15-9-13(11(17(21)22)8-14(15)26-2)20-28(23,24)16-4-3-10(18)7-12(16)19/h3-4,7-9,20H,5-6H2,1-2H3,(H,21,22). The van der Waals surface area contributed by atoms with Gasteiger partial charge >= 0.3 is 5.97 Å². The zero-order chi connectivity index (χ0) is 20.9. The van der Waals surface area contributed by atoms with Crippen LogP contribution in [-0.2, 0) is 14.8 Å². The second-order valence-corrected chi connectivity index (χ2v) is 7.46. The van der Waals surface area contributed by atoms with Gasteiger partial charge < -0.3 is 19.3 Å². The van der Waals surface area contributed by atoms with Crippen LogP contribution in [0, 0.1) is 5.82 Å². The molecule has 0 unspecified atom stereocenters. The van der Waals surface area contributed by atoms with Crippen molar-refractivity contribution in [2.45, 2.75) is 4.90 Å². The van der Waals surface area contributed by atoms with Crippen LogP contribution in [0.25, 0.3) is 0 Å². The van der Waals surface area contributed by atoms with Crippen LogP contribution in [-0.4, -0.2) is 46.9 Å². The molecule has 0 atom stereocenters. The number of hydrogen-bond donors (Lipinski definition) is 2. The highest BCUT2D eigenvalue weighted by Crippen LogP contribution is 2.35. The monoisotopic (exact) mass is 433 g/mol. The Labute approximate surface area is 165 Å². The summed E-state index contributed by atoms with van der Waals surface area (Å²) in [5.74, 6) is -2.34. The summed E-state index contributed by atoms with van der Waals surface area (Å²) in [6.07, 6.45) is 0. The third kappa shape index (κ3) is 5.03. The number of carboxylic acid groups (broad SMARTS) is 1. The molecule has 2 aromatic carbocycles.